The molecule has 1 saturated carbocycles. The van der Waals surface area contributed by atoms with Crippen LogP contribution in [0.1, 0.15) is 47.2 Å². The molecule has 0 atom stereocenters. The highest BCUT2D eigenvalue weighted by Gasteiger charge is 2.27. The molecule has 0 radical (unpaired) electrons. The molecule has 19 heavy (non-hydrogen) atoms. The van der Waals surface area contributed by atoms with Gasteiger partial charge in [0.15, 0.2) is 0 Å². The van der Waals surface area contributed by atoms with Crippen molar-refractivity contribution in [1.82, 2.24) is 4.90 Å². The minimum Gasteiger partial charge on any atom is -0.334 e. The zero-order chi connectivity index (χ0) is 13.8. The van der Waals surface area contributed by atoms with Gasteiger partial charge in [0.25, 0.3) is 5.91 Å². The molecule has 1 aromatic rings. The Morgan fingerprint density at radius 2 is 2.00 bits per heavy atom. The van der Waals surface area contributed by atoms with E-state index in [-0.39, 0.29) is 5.91 Å². The van der Waals surface area contributed by atoms with Crippen LogP contribution in [0.15, 0.2) is 18.2 Å². The first-order chi connectivity index (χ1) is 9.13. The summed E-state index contributed by atoms with van der Waals surface area (Å²) >= 11 is 0. The quantitative estimate of drug-likeness (QED) is 0.904. The molecular formula is C16H24N2O. The maximum absolute atomic E-state index is 12.7. The average Bonchev–Trinajstić information content (AvgIpc) is 2.89. The fraction of sp³-hybridized carbons (Fsp3) is 0.562. The monoisotopic (exact) mass is 260 g/mol. The van der Waals surface area contributed by atoms with Crippen LogP contribution in [0, 0.1) is 13.8 Å². The van der Waals surface area contributed by atoms with Gasteiger partial charge in [-0.1, -0.05) is 30.5 Å². The number of carbonyl (C=O) groups excluding carboxylic acids is 1. The van der Waals surface area contributed by atoms with E-state index in [1.54, 1.807) is 0 Å². The van der Waals surface area contributed by atoms with Gasteiger partial charge in [-0.05, 0) is 38.3 Å². The SMILES string of the molecule is Cc1ccc(C(=O)N(CCN)C2CCCC2)c(C)c1. The van der Waals surface area contributed by atoms with E-state index in [0.717, 1.165) is 24.0 Å². The summed E-state index contributed by atoms with van der Waals surface area (Å²) in [7, 11) is 0. The normalized spacial score (nSPS) is 15.7. The Hall–Kier alpha value is -1.35. The number of nitrogens with zero attached hydrogens (tertiary/aromatic N) is 1. The Morgan fingerprint density at radius 3 is 2.58 bits per heavy atom. The van der Waals surface area contributed by atoms with Gasteiger partial charge in [-0.25, -0.2) is 0 Å². The Morgan fingerprint density at radius 1 is 1.32 bits per heavy atom. The lowest BCUT2D eigenvalue weighted by Crippen LogP contribution is -2.42. The molecule has 2 rings (SSSR count). The van der Waals surface area contributed by atoms with Gasteiger partial charge in [-0.15, -0.1) is 0 Å². The van der Waals surface area contributed by atoms with Gasteiger partial charge in [0.2, 0.25) is 0 Å². The molecular weight excluding hydrogens is 236 g/mol. The van der Waals surface area contributed by atoms with E-state index in [4.69, 9.17) is 5.73 Å². The number of aryl methyl sites for hydroxylation is 2. The van der Waals surface area contributed by atoms with Gasteiger partial charge < -0.3 is 10.6 Å². The second-order valence-electron chi connectivity index (χ2n) is 5.54. The largest absolute Gasteiger partial charge is 0.334 e. The minimum absolute atomic E-state index is 0.148. The van der Waals surface area contributed by atoms with Crippen molar-refractivity contribution in [3.63, 3.8) is 0 Å². The highest BCUT2D eigenvalue weighted by Crippen LogP contribution is 2.25. The van der Waals surface area contributed by atoms with Crippen molar-refractivity contribution in [2.24, 2.45) is 5.73 Å². The highest BCUT2D eigenvalue weighted by molar-refractivity contribution is 5.96. The predicted octanol–water partition coefficient (Wildman–Crippen LogP) is 2.65. The zero-order valence-corrected chi connectivity index (χ0v) is 12.0. The number of amides is 1. The number of hydrogen-bond acceptors (Lipinski definition) is 2. The molecule has 1 aliphatic rings. The van der Waals surface area contributed by atoms with Crippen molar-refractivity contribution in [1.29, 1.82) is 0 Å². The lowest BCUT2D eigenvalue weighted by atomic mass is 10.0. The van der Waals surface area contributed by atoms with Crippen LogP contribution in [0.5, 0.6) is 0 Å². The maximum Gasteiger partial charge on any atom is 0.254 e. The molecule has 0 unspecified atom stereocenters. The zero-order valence-electron chi connectivity index (χ0n) is 12.0. The molecule has 1 aromatic carbocycles. The Bertz CT molecular complexity index is 450. The van der Waals surface area contributed by atoms with Crippen LogP contribution in [0.3, 0.4) is 0 Å². The number of benzene rings is 1. The summed E-state index contributed by atoms with van der Waals surface area (Å²) in [5, 5.41) is 0. The van der Waals surface area contributed by atoms with Crippen molar-refractivity contribution in [2.75, 3.05) is 13.1 Å². The number of hydrogen-bond donors (Lipinski definition) is 1. The van der Waals surface area contributed by atoms with Crippen LogP contribution < -0.4 is 5.73 Å². The molecule has 0 saturated heterocycles. The average molecular weight is 260 g/mol. The summed E-state index contributed by atoms with van der Waals surface area (Å²) in [5.74, 6) is 0.148. The van der Waals surface area contributed by atoms with E-state index < -0.39 is 0 Å². The van der Waals surface area contributed by atoms with Gasteiger partial charge in [0.05, 0.1) is 0 Å². The van der Waals surface area contributed by atoms with E-state index in [1.807, 2.05) is 24.0 Å². The molecule has 0 spiro atoms. The number of nitrogens with two attached hydrogens (primary N) is 1. The van der Waals surface area contributed by atoms with Gasteiger partial charge in [0, 0.05) is 24.7 Å². The van der Waals surface area contributed by atoms with E-state index in [9.17, 15) is 4.79 Å². The summed E-state index contributed by atoms with van der Waals surface area (Å²) in [6, 6.07) is 6.42. The minimum atomic E-state index is 0.148. The molecule has 1 amide bonds. The van der Waals surface area contributed by atoms with Gasteiger partial charge in [0.1, 0.15) is 0 Å². The summed E-state index contributed by atoms with van der Waals surface area (Å²) in [4.78, 5) is 14.7. The van der Waals surface area contributed by atoms with Gasteiger partial charge in [-0.2, -0.15) is 0 Å². The second-order valence-corrected chi connectivity index (χ2v) is 5.54. The molecule has 0 bridgehead atoms. The van der Waals surface area contributed by atoms with E-state index in [2.05, 4.69) is 13.0 Å². The first-order valence-electron chi connectivity index (χ1n) is 7.21. The fourth-order valence-electron chi connectivity index (χ4n) is 3.01. The van der Waals surface area contributed by atoms with Crippen LogP contribution in [0.2, 0.25) is 0 Å². The van der Waals surface area contributed by atoms with Crippen LogP contribution in [0.25, 0.3) is 0 Å². The van der Waals surface area contributed by atoms with Gasteiger partial charge >= 0.3 is 0 Å². The molecule has 3 heteroatoms. The molecule has 0 heterocycles. The Balaban J connectivity index is 2.22. The summed E-state index contributed by atoms with van der Waals surface area (Å²) in [6.45, 7) is 5.26. The molecule has 1 fully saturated rings. The van der Waals surface area contributed by atoms with Crippen LogP contribution in [0.4, 0.5) is 0 Å². The van der Waals surface area contributed by atoms with Crippen LogP contribution in [-0.4, -0.2) is 29.9 Å². The maximum atomic E-state index is 12.7. The lowest BCUT2D eigenvalue weighted by molar-refractivity contribution is 0.0687. The van der Waals surface area contributed by atoms with Crippen molar-refractivity contribution >= 4 is 5.91 Å². The third-order valence-corrected chi connectivity index (χ3v) is 4.01. The number of rotatable bonds is 4. The van der Waals surface area contributed by atoms with E-state index in [0.29, 0.717) is 19.1 Å². The summed E-state index contributed by atoms with van der Waals surface area (Å²) in [6.07, 6.45) is 4.70. The highest BCUT2D eigenvalue weighted by atomic mass is 16.2. The van der Waals surface area contributed by atoms with Crippen LogP contribution in [-0.2, 0) is 0 Å². The van der Waals surface area contributed by atoms with Crippen LogP contribution >= 0.6 is 0 Å². The van der Waals surface area contributed by atoms with Gasteiger partial charge in [-0.3, -0.25) is 4.79 Å². The smallest absolute Gasteiger partial charge is 0.254 e. The molecule has 1 aliphatic carbocycles. The van der Waals surface area contributed by atoms with Crippen molar-refractivity contribution in [2.45, 2.75) is 45.6 Å². The van der Waals surface area contributed by atoms with E-state index in [1.165, 1.54) is 18.4 Å². The molecule has 104 valence electrons. The molecule has 3 nitrogen and oxygen atoms in total. The summed E-state index contributed by atoms with van der Waals surface area (Å²) in [5.41, 5.74) is 8.76. The molecule has 0 aromatic heterocycles. The van der Waals surface area contributed by atoms with Crippen molar-refractivity contribution in [3.8, 4) is 0 Å². The Kier molecular flexibility index (Phi) is 4.59. The van der Waals surface area contributed by atoms with Crippen molar-refractivity contribution in [3.05, 3.63) is 34.9 Å². The first kappa shape index (κ1) is 14.1. The first-order valence-corrected chi connectivity index (χ1v) is 7.21. The van der Waals surface area contributed by atoms with Crippen molar-refractivity contribution < 1.29 is 4.79 Å². The standard InChI is InChI=1S/C16H24N2O/c1-12-7-8-15(13(2)11-12)16(19)18(10-9-17)14-5-3-4-6-14/h7-8,11,14H,3-6,9-10,17H2,1-2H3. The molecule has 0 aliphatic heterocycles. The predicted molar refractivity (Wildman–Crippen MR) is 78.3 cm³/mol. The third kappa shape index (κ3) is 3.16. The number of carbonyl (C=O) groups is 1. The third-order valence-electron chi connectivity index (χ3n) is 4.01. The molecule has 2 N–H and O–H groups in total. The lowest BCUT2D eigenvalue weighted by Gasteiger charge is -2.29. The topological polar surface area (TPSA) is 46.3 Å². The summed E-state index contributed by atoms with van der Waals surface area (Å²) < 4.78 is 0. The fourth-order valence-corrected chi connectivity index (χ4v) is 3.01. The van der Waals surface area contributed by atoms with E-state index >= 15 is 0 Å². The Labute approximate surface area is 115 Å². The second kappa shape index (κ2) is 6.20.